The number of allylic oxidation sites excluding steroid dienone is 2. The number of pyridine rings is 1. The fraction of sp³-hybridized carbons (Fsp3) is 0.0816. The van der Waals surface area contributed by atoms with Crippen LogP contribution in [-0.4, -0.2) is 14.1 Å². The second kappa shape index (κ2) is 16.5. The number of hydrogen-bond donors (Lipinski definition) is 0. The minimum absolute atomic E-state index is 0.909. The van der Waals surface area contributed by atoms with Gasteiger partial charge in [0, 0.05) is 33.6 Å². The molecule has 0 radical (unpaired) electrons. The van der Waals surface area contributed by atoms with Crippen molar-refractivity contribution in [2.24, 2.45) is 0 Å². The summed E-state index contributed by atoms with van der Waals surface area (Å²) in [4.78, 5) is 5.30. The summed E-state index contributed by atoms with van der Waals surface area (Å²) in [6.45, 7) is 14.5. The zero-order chi connectivity index (χ0) is 36.5. The third-order valence-electron chi connectivity index (χ3n) is 8.69. The summed E-state index contributed by atoms with van der Waals surface area (Å²) in [5, 5.41) is 6.09. The number of rotatable bonds is 4. The van der Waals surface area contributed by atoms with E-state index in [1.807, 2.05) is 27.7 Å². The molecule has 3 heterocycles. The summed E-state index contributed by atoms with van der Waals surface area (Å²) in [6, 6.07) is 56.2. The molecule has 0 amide bonds. The SMILES string of the molecule is C=CC.C=CC.CC.c1ccc(-c2cc(-c3ccccc3)nc(-n3c4ccccc4c4cc5cc6c(ccn6-c6ccccc6)cc5cc43)c2)cc1. The molecule has 256 valence electrons. The molecule has 0 saturated carbocycles. The van der Waals surface area contributed by atoms with Crippen LogP contribution < -0.4 is 0 Å². The zero-order valence-corrected chi connectivity index (χ0v) is 30.5. The van der Waals surface area contributed by atoms with Crippen LogP contribution >= 0.6 is 0 Å². The Morgan fingerprint density at radius 3 is 1.71 bits per heavy atom. The molecule has 0 spiro atoms. The Hall–Kier alpha value is -6.45. The van der Waals surface area contributed by atoms with Crippen LogP contribution in [0.3, 0.4) is 0 Å². The number of benzene rings is 6. The predicted molar refractivity (Wildman–Crippen MR) is 227 cm³/mol. The van der Waals surface area contributed by atoms with Crippen molar-refractivity contribution < 1.29 is 0 Å². The molecule has 0 atom stereocenters. The molecule has 0 aliphatic heterocycles. The third-order valence-corrected chi connectivity index (χ3v) is 8.69. The van der Waals surface area contributed by atoms with Crippen LogP contribution in [0.25, 0.3) is 77.4 Å². The lowest BCUT2D eigenvalue weighted by molar-refractivity contribution is 1.09. The van der Waals surface area contributed by atoms with Gasteiger partial charge in [-0.2, -0.15) is 0 Å². The average Bonchev–Trinajstić information content (AvgIpc) is 3.76. The van der Waals surface area contributed by atoms with Gasteiger partial charge < -0.3 is 4.57 Å². The summed E-state index contributed by atoms with van der Waals surface area (Å²) in [5.74, 6) is 0.909. The van der Waals surface area contributed by atoms with Crippen LogP contribution in [0.5, 0.6) is 0 Å². The molecular weight excluding hydrogens is 631 g/mol. The molecule has 3 heteroatoms. The average molecular weight is 676 g/mol. The molecule has 0 N–H and O–H groups in total. The predicted octanol–water partition coefficient (Wildman–Crippen LogP) is 14.0. The Morgan fingerprint density at radius 2 is 1.04 bits per heavy atom. The highest BCUT2D eigenvalue weighted by Crippen LogP contribution is 2.37. The van der Waals surface area contributed by atoms with E-state index in [0.717, 1.165) is 39.4 Å². The second-order valence-electron chi connectivity index (χ2n) is 12.1. The highest BCUT2D eigenvalue weighted by atomic mass is 15.1. The van der Waals surface area contributed by atoms with Gasteiger partial charge >= 0.3 is 0 Å². The number of fused-ring (bicyclic) bond motifs is 5. The molecule has 3 aromatic heterocycles. The van der Waals surface area contributed by atoms with Gasteiger partial charge in [-0.1, -0.05) is 123 Å². The van der Waals surface area contributed by atoms with E-state index in [1.54, 1.807) is 12.2 Å². The van der Waals surface area contributed by atoms with Crippen LogP contribution in [0.1, 0.15) is 27.7 Å². The molecule has 0 aliphatic carbocycles. The molecule has 9 aromatic rings. The molecule has 0 saturated heterocycles. The summed E-state index contributed by atoms with van der Waals surface area (Å²) in [7, 11) is 0. The van der Waals surface area contributed by atoms with E-state index in [9.17, 15) is 0 Å². The Balaban J connectivity index is 0.000000538. The molecule has 0 bridgehead atoms. The first-order valence-corrected chi connectivity index (χ1v) is 17.9. The minimum atomic E-state index is 0.909. The van der Waals surface area contributed by atoms with Gasteiger partial charge in [0.25, 0.3) is 0 Å². The monoisotopic (exact) mass is 675 g/mol. The molecule has 6 aromatic carbocycles. The van der Waals surface area contributed by atoms with Crippen molar-refractivity contribution >= 4 is 43.5 Å². The Labute approximate surface area is 307 Å². The molecular formula is C49H45N3. The van der Waals surface area contributed by atoms with Gasteiger partial charge in [-0.15, -0.1) is 13.2 Å². The molecule has 52 heavy (non-hydrogen) atoms. The smallest absolute Gasteiger partial charge is 0.138 e. The van der Waals surface area contributed by atoms with Gasteiger partial charge in [-0.25, -0.2) is 4.98 Å². The quantitative estimate of drug-likeness (QED) is 0.170. The highest BCUT2D eigenvalue weighted by Gasteiger charge is 2.17. The van der Waals surface area contributed by atoms with Crippen LogP contribution in [-0.2, 0) is 0 Å². The second-order valence-corrected chi connectivity index (χ2v) is 12.1. The lowest BCUT2D eigenvalue weighted by Gasteiger charge is -2.13. The summed E-state index contributed by atoms with van der Waals surface area (Å²) >= 11 is 0. The third kappa shape index (κ3) is 7.08. The van der Waals surface area contributed by atoms with E-state index >= 15 is 0 Å². The van der Waals surface area contributed by atoms with E-state index in [-0.39, 0.29) is 0 Å². The number of hydrogen-bond acceptors (Lipinski definition) is 1. The lowest BCUT2D eigenvalue weighted by Crippen LogP contribution is -2.00. The van der Waals surface area contributed by atoms with Gasteiger partial charge in [0.2, 0.25) is 0 Å². The van der Waals surface area contributed by atoms with Gasteiger partial charge in [0.05, 0.1) is 22.2 Å². The van der Waals surface area contributed by atoms with Crippen molar-refractivity contribution in [3.8, 4) is 33.9 Å². The first-order valence-electron chi connectivity index (χ1n) is 17.9. The van der Waals surface area contributed by atoms with E-state index in [4.69, 9.17) is 4.98 Å². The largest absolute Gasteiger partial charge is 0.317 e. The van der Waals surface area contributed by atoms with Gasteiger partial charge in [0.15, 0.2) is 0 Å². The number of aromatic nitrogens is 3. The Bertz CT molecular complexity index is 2510. The fourth-order valence-electron chi connectivity index (χ4n) is 6.59. The van der Waals surface area contributed by atoms with E-state index < -0.39 is 0 Å². The Kier molecular flexibility index (Phi) is 11.2. The van der Waals surface area contributed by atoms with Crippen molar-refractivity contribution in [2.75, 3.05) is 0 Å². The van der Waals surface area contributed by atoms with Crippen LogP contribution in [0, 0.1) is 0 Å². The topological polar surface area (TPSA) is 22.8 Å². The molecule has 9 rings (SSSR count). The summed E-state index contributed by atoms with van der Waals surface area (Å²) in [5.41, 5.74) is 9.04. The number of para-hydroxylation sites is 2. The van der Waals surface area contributed by atoms with E-state index in [1.165, 1.54) is 38.0 Å². The van der Waals surface area contributed by atoms with Crippen LogP contribution in [0.4, 0.5) is 0 Å². The summed E-state index contributed by atoms with van der Waals surface area (Å²) in [6.07, 6.45) is 5.66. The standard InChI is InChI=1S/C41H27N3.2C3H6.C2H6/c1-4-12-28(13-5-1)33-24-37(29-14-6-2-7-15-29)42-41(27-33)44-38-19-11-10-18-35(38)36-23-32-25-39-30(22-31(32)26-40(36)44)20-21-43(39)34-16-8-3-9-17-34;2*1-3-2;1-2/h1-27H;2*3H,1H2,2H3;1-2H3. The minimum Gasteiger partial charge on any atom is -0.317 e. The maximum atomic E-state index is 5.30. The van der Waals surface area contributed by atoms with Gasteiger partial charge in [-0.05, 0) is 96.4 Å². The van der Waals surface area contributed by atoms with E-state index in [2.05, 4.69) is 186 Å². The first kappa shape index (κ1) is 35.4. The van der Waals surface area contributed by atoms with Crippen LogP contribution in [0.2, 0.25) is 0 Å². The molecule has 0 aliphatic rings. The number of nitrogens with zero attached hydrogens (tertiary/aromatic N) is 3. The Morgan fingerprint density at radius 1 is 0.481 bits per heavy atom. The molecule has 0 fully saturated rings. The van der Waals surface area contributed by atoms with Gasteiger partial charge in [0.1, 0.15) is 5.82 Å². The van der Waals surface area contributed by atoms with Crippen molar-refractivity contribution in [1.29, 1.82) is 0 Å². The molecule has 3 nitrogen and oxygen atoms in total. The van der Waals surface area contributed by atoms with Gasteiger partial charge in [-0.3, -0.25) is 4.57 Å². The fourth-order valence-corrected chi connectivity index (χ4v) is 6.59. The maximum Gasteiger partial charge on any atom is 0.138 e. The first-order chi connectivity index (χ1) is 25.6. The van der Waals surface area contributed by atoms with Crippen molar-refractivity contribution in [1.82, 2.24) is 14.1 Å². The normalized spacial score (nSPS) is 10.5. The van der Waals surface area contributed by atoms with Crippen LogP contribution in [0.15, 0.2) is 189 Å². The zero-order valence-electron chi connectivity index (χ0n) is 30.5. The van der Waals surface area contributed by atoms with Crippen molar-refractivity contribution in [3.05, 3.63) is 189 Å². The van der Waals surface area contributed by atoms with E-state index in [0.29, 0.717) is 0 Å². The maximum absolute atomic E-state index is 5.30. The van der Waals surface area contributed by atoms with Crippen molar-refractivity contribution in [3.63, 3.8) is 0 Å². The molecule has 0 unspecified atom stereocenters. The lowest BCUT2D eigenvalue weighted by atomic mass is 10.0. The van der Waals surface area contributed by atoms with Crippen molar-refractivity contribution in [2.45, 2.75) is 27.7 Å². The summed E-state index contributed by atoms with van der Waals surface area (Å²) < 4.78 is 4.61. The highest BCUT2D eigenvalue weighted by molar-refractivity contribution is 6.15.